The lowest BCUT2D eigenvalue weighted by molar-refractivity contribution is 0.377. The fourth-order valence-corrected chi connectivity index (χ4v) is 3.10. The molecule has 3 heteroatoms. The van der Waals surface area contributed by atoms with Crippen molar-refractivity contribution >= 4 is 26.8 Å². The van der Waals surface area contributed by atoms with E-state index in [4.69, 9.17) is 0 Å². The van der Waals surface area contributed by atoms with Crippen molar-refractivity contribution in [2.24, 2.45) is 5.92 Å². The van der Waals surface area contributed by atoms with E-state index in [0.717, 1.165) is 10.4 Å². The highest BCUT2D eigenvalue weighted by Crippen LogP contribution is 2.25. The molecule has 90 valence electrons. The maximum absolute atomic E-state index is 3.51. The standard InChI is InChI=1S/C14H17BrN2/c15-12-3-4-13-11(9-17-14(13)7-12)6-10-2-1-5-16-8-10/h3-4,7,9-10,16-17H,1-2,5-6,8H2. The first-order chi connectivity index (χ1) is 8.33. The van der Waals surface area contributed by atoms with E-state index in [0.29, 0.717) is 0 Å². The van der Waals surface area contributed by atoms with Crippen LogP contribution >= 0.6 is 15.9 Å². The van der Waals surface area contributed by atoms with E-state index >= 15 is 0 Å². The van der Waals surface area contributed by atoms with E-state index < -0.39 is 0 Å². The van der Waals surface area contributed by atoms with Gasteiger partial charge in [-0.05, 0) is 56.0 Å². The molecule has 0 aliphatic carbocycles. The Bertz CT molecular complexity index is 512. The highest BCUT2D eigenvalue weighted by Gasteiger charge is 2.15. The number of hydrogen-bond donors (Lipinski definition) is 2. The summed E-state index contributed by atoms with van der Waals surface area (Å²) in [6.45, 7) is 2.36. The van der Waals surface area contributed by atoms with Gasteiger partial charge in [-0.1, -0.05) is 22.0 Å². The summed E-state index contributed by atoms with van der Waals surface area (Å²) >= 11 is 3.51. The van der Waals surface area contributed by atoms with Crippen LogP contribution in [-0.4, -0.2) is 18.1 Å². The third kappa shape index (κ3) is 2.40. The van der Waals surface area contributed by atoms with Gasteiger partial charge in [0.05, 0.1) is 0 Å². The zero-order valence-electron chi connectivity index (χ0n) is 9.80. The predicted octanol–water partition coefficient (Wildman–Crippen LogP) is 3.47. The zero-order valence-corrected chi connectivity index (χ0v) is 11.4. The molecule has 2 heterocycles. The first-order valence-electron chi connectivity index (χ1n) is 6.29. The summed E-state index contributed by atoms with van der Waals surface area (Å²) in [7, 11) is 0. The number of rotatable bonds is 2. The van der Waals surface area contributed by atoms with Crippen molar-refractivity contribution in [2.75, 3.05) is 13.1 Å². The predicted molar refractivity (Wildman–Crippen MR) is 75.3 cm³/mol. The minimum absolute atomic E-state index is 0.798. The summed E-state index contributed by atoms with van der Waals surface area (Å²) in [5.74, 6) is 0.798. The molecule has 0 spiro atoms. The molecular weight excluding hydrogens is 276 g/mol. The van der Waals surface area contributed by atoms with E-state index in [2.05, 4.69) is 50.6 Å². The van der Waals surface area contributed by atoms with Gasteiger partial charge in [0.15, 0.2) is 0 Å². The summed E-state index contributed by atoms with van der Waals surface area (Å²) in [4.78, 5) is 3.37. The van der Waals surface area contributed by atoms with Gasteiger partial charge in [0.25, 0.3) is 0 Å². The number of nitrogens with one attached hydrogen (secondary N) is 2. The molecule has 1 atom stereocenters. The molecule has 2 N–H and O–H groups in total. The summed E-state index contributed by atoms with van der Waals surface area (Å²) in [6, 6.07) is 6.48. The Morgan fingerprint density at radius 3 is 3.12 bits per heavy atom. The van der Waals surface area contributed by atoms with Gasteiger partial charge in [-0.3, -0.25) is 0 Å². The largest absolute Gasteiger partial charge is 0.361 e. The highest BCUT2D eigenvalue weighted by molar-refractivity contribution is 9.10. The molecule has 1 aliphatic heterocycles. The molecule has 1 saturated heterocycles. The molecule has 0 radical (unpaired) electrons. The second kappa shape index (κ2) is 4.83. The topological polar surface area (TPSA) is 27.8 Å². The van der Waals surface area contributed by atoms with Crippen LogP contribution in [0, 0.1) is 5.92 Å². The van der Waals surface area contributed by atoms with E-state index in [1.807, 2.05) is 0 Å². The molecule has 0 amide bonds. The van der Waals surface area contributed by atoms with Crippen molar-refractivity contribution < 1.29 is 0 Å². The first kappa shape index (κ1) is 11.3. The van der Waals surface area contributed by atoms with Crippen LogP contribution in [0.2, 0.25) is 0 Å². The number of piperidine rings is 1. The van der Waals surface area contributed by atoms with Crippen molar-refractivity contribution in [3.63, 3.8) is 0 Å². The summed E-state index contributed by atoms with van der Waals surface area (Å²) < 4.78 is 1.14. The van der Waals surface area contributed by atoms with Crippen molar-refractivity contribution in [1.29, 1.82) is 0 Å². The summed E-state index contributed by atoms with van der Waals surface area (Å²) in [5.41, 5.74) is 2.69. The molecule has 1 aromatic carbocycles. The van der Waals surface area contributed by atoms with Gasteiger partial charge in [0.1, 0.15) is 0 Å². The molecule has 1 fully saturated rings. The van der Waals surface area contributed by atoms with E-state index in [9.17, 15) is 0 Å². The van der Waals surface area contributed by atoms with Crippen LogP contribution in [0.15, 0.2) is 28.9 Å². The van der Waals surface area contributed by atoms with Crippen LogP contribution in [-0.2, 0) is 6.42 Å². The van der Waals surface area contributed by atoms with Crippen LogP contribution in [0.25, 0.3) is 10.9 Å². The van der Waals surface area contributed by atoms with Crippen molar-refractivity contribution in [2.45, 2.75) is 19.3 Å². The minimum atomic E-state index is 0.798. The van der Waals surface area contributed by atoms with Crippen LogP contribution in [0.1, 0.15) is 18.4 Å². The van der Waals surface area contributed by atoms with Crippen LogP contribution in [0.4, 0.5) is 0 Å². The first-order valence-corrected chi connectivity index (χ1v) is 7.08. The Hall–Kier alpha value is -0.800. The highest BCUT2D eigenvalue weighted by atomic mass is 79.9. The van der Waals surface area contributed by atoms with E-state index in [-0.39, 0.29) is 0 Å². The van der Waals surface area contributed by atoms with E-state index in [1.54, 1.807) is 0 Å². The van der Waals surface area contributed by atoms with Crippen molar-refractivity contribution in [3.8, 4) is 0 Å². The lowest BCUT2D eigenvalue weighted by Crippen LogP contribution is -2.30. The van der Waals surface area contributed by atoms with Crippen molar-refractivity contribution in [1.82, 2.24) is 10.3 Å². The molecule has 0 saturated carbocycles. The number of aromatic amines is 1. The van der Waals surface area contributed by atoms with Gasteiger partial charge in [-0.25, -0.2) is 0 Å². The number of H-pyrrole nitrogens is 1. The maximum atomic E-state index is 3.51. The Labute approximate surface area is 110 Å². The normalized spacial score (nSPS) is 20.9. The second-order valence-corrected chi connectivity index (χ2v) is 5.84. The second-order valence-electron chi connectivity index (χ2n) is 4.92. The SMILES string of the molecule is Brc1ccc2c(CC3CCCNC3)c[nH]c2c1. The molecule has 2 aromatic rings. The van der Waals surface area contributed by atoms with Crippen LogP contribution < -0.4 is 5.32 Å². The Morgan fingerprint density at radius 2 is 2.29 bits per heavy atom. The van der Waals surface area contributed by atoms with Gasteiger partial charge in [0, 0.05) is 21.6 Å². The summed E-state index contributed by atoms with van der Waals surface area (Å²) in [5, 5.41) is 4.86. The van der Waals surface area contributed by atoms with Gasteiger partial charge < -0.3 is 10.3 Å². The van der Waals surface area contributed by atoms with Gasteiger partial charge >= 0.3 is 0 Å². The van der Waals surface area contributed by atoms with Gasteiger partial charge in [0.2, 0.25) is 0 Å². The molecule has 1 aromatic heterocycles. The summed E-state index contributed by atoms with van der Waals surface area (Å²) in [6.07, 6.45) is 6.04. The number of aromatic nitrogens is 1. The van der Waals surface area contributed by atoms with Gasteiger partial charge in [-0.15, -0.1) is 0 Å². The minimum Gasteiger partial charge on any atom is -0.361 e. The monoisotopic (exact) mass is 292 g/mol. The number of benzene rings is 1. The smallest absolute Gasteiger partial charge is 0.0468 e. The molecule has 17 heavy (non-hydrogen) atoms. The van der Waals surface area contributed by atoms with Gasteiger partial charge in [-0.2, -0.15) is 0 Å². The van der Waals surface area contributed by atoms with E-state index in [1.165, 1.54) is 48.8 Å². The quantitative estimate of drug-likeness (QED) is 0.872. The lowest BCUT2D eigenvalue weighted by atomic mass is 9.92. The number of fused-ring (bicyclic) bond motifs is 1. The average molecular weight is 293 g/mol. The fraction of sp³-hybridized carbons (Fsp3) is 0.429. The van der Waals surface area contributed by atoms with Crippen LogP contribution in [0.3, 0.4) is 0 Å². The molecule has 3 rings (SSSR count). The Balaban J connectivity index is 1.84. The fourth-order valence-electron chi connectivity index (χ4n) is 2.74. The third-order valence-corrected chi connectivity index (χ3v) is 4.13. The average Bonchev–Trinajstić information content (AvgIpc) is 2.73. The molecular formula is C14H17BrN2. The molecule has 0 bridgehead atoms. The third-order valence-electron chi connectivity index (χ3n) is 3.64. The zero-order chi connectivity index (χ0) is 11.7. The number of halogens is 1. The Kier molecular flexibility index (Phi) is 3.21. The Morgan fingerprint density at radius 1 is 1.35 bits per heavy atom. The molecule has 1 aliphatic rings. The van der Waals surface area contributed by atoms with Crippen LogP contribution in [0.5, 0.6) is 0 Å². The maximum Gasteiger partial charge on any atom is 0.0468 e. The molecule has 1 unspecified atom stereocenters. The lowest BCUT2D eigenvalue weighted by Gasteiger charge is -2.22. The van der Waals surface area contributed by atoms with Crippen molar-refractivity contribution in [3.05, 3.63) is 34.4 Å². The number of hydrogen-bond acceptors (Lipinski definition) is 1. The molecule has 2 nitrogen and oxygen atoms in total.